The summed E-state index contributed by atoms with van der Waals surface area (Å²) in [5.74, 6) is -0.681. The molecule has 2 amide bonds. The van der Waals surface area contributed by atoms with Crippen LogP contribution in [0.25, 0.3) is 0 Å². The van der Waals surface area contributed by atoms with Crippen LogP contribution in [0.15, 0.2) is 48.5 Å². The molecule has 154 valence electrons. The van der Waals surface area contributed by atoms with Gasteiger partial charge < -0.3 is 20.1 Å². The van der Waals surface area contributed by atoms with Gasteiger partial charge in [-0.2, -0.15) is 8.78 Å². The van der Waals surface area contributed by atoms with Crippen LogP contribution in [0.2, 0.25) is 0 Å². The Labute approximate surface area is 166 Å². The highest BCUT2D eigenvalue weighted by Gasteiger charge is 2.14. The van der Waals surface area contributed by atoms with E-state index in [2.05, 4.69) is 15.4 Å². The van der Waals surface area contributed by atoms with Gasteiger partial charge in [-0.3, -0.25) is 14.5 Å². The lowest BCUT2D eigenvalue weighted by atomic mass is 10.2. The van der Waals surface area contributed by atoms with Crippen LogP contribution in [0.4, 0.5) is 20.2 Å². The van der Waals surface area contributed by atoms with Crippen molar-refractivity contribution in [2.75, 3.05) is 43.5 Å². The molecule has 1 fully saturated rings. The monoisotopic (exact) mass is 405 g/mol. The van der Waals surface area contributed by atoms with E-state index < -0.39 is 12.5 Å². The van der Waals surface area contributed by atoms with Gasteiger partial charge in [-0.25, -0.2) is 0 Å². The third-order valence-electron chi connectivity index (χ3n) is 4.22. The fraction of sp³-hybridized carbons (Fsp3) is 0.300. The van der Waals surface area contributed by atoms with Crippen molar-refractivity contribution < 1.29 is 27.8 Å². The molecule has 1 heterocycles. The maximum atomic E-state index is 12.3. The molecule has 0 spiro atoms. The summed E-state index contributed by atoms with van der Waals surface area (Å²) in [4.78, 5) is 26.4. The molecule has 29 heavy (non-hydrogen) atoms. The molecule has 2 N–H and O–H groups in total. The van der Waals surface area contributed by atoms with Gasteiger partial charge in [0.1, 0.15) is 5.75 Å². The van der Waals surface area contributed by atoms with Crippen LogP contribution >= 0.6 is 0 Å². The van der Waals surface area contributed by atoms with Crippen LogP contribution in [0.1, 0.15) is 10.4 Å². The van der Waals surface area contributed by atoms with Gasteiger partial charge in [0.15, 0.2) is 0 Å². The van der Waals surface area contributed by atoms with E-state index in [-0.39, 0.29) is 17.2 Å². The Morgan fingerprint density at radius 3 is 2.34 bits per heavy atom. The lowest BCUT2D eigenvalue weighted by molar-refractivity contribution is -0.118. The lowest BCUT2D eigenvalue weighted by Crippen LogP contribution is -2.41. The number of carbonyl (C=O) groups excluding carboxylic acids is 2. The Bertz CT molecular complexity index is 840. The summed E-state index contributed by atoms with van der Waals surface area (Å²) in [5, 5.41) is 5.47. The quantitative estimate of drug-likeness (QED) is 0.741. The van der Waals surface area contributed by atoms with E-state index in [1.807, 2.05) is 4.90 Å². The topological polar surface area (TPSA) is 79.9 Å². The summed E-state index contributed by atoms with van der Waals surface area (Å²) in [5.41, 5.74) is 1.29. The Kier molecular flexibility index (Phi) is 7.09. The molecule has 7 nitrogen and oxygen atoms in total. The Morgan fingerprint density at radius 1 is 1.03 bits per heavy atom. The first-order valence-corrected chi connectivity index (χ1v) is 9.06. The van der Waals surface area contributed by atoms with E-state index in [1.54, 1.807) is 24.3 Å². The smallest absolute Gasteiger partial charge is 0.387 e. The Hall–Kier alpha value is -3.04. The Morgan fingerprint density at radius 2 is 1.69 bits per heavy atom. The van der Waals surface area contributed by atoms with Crippen LogP contribution in [0.5, 0.6) is 5.75 Å². The molecule has 0 radical (unpaired) electrons. The number of nitrogens with one attached hydrogen (secondary N) is 2. The zero-order valence-corrected chi connectivity index (χ0v) is 15.6. The summed E-state index contributed by atoms with van der Waals surface area (Å²) < 4.78 is 34.1. The number of benzene rings is 2. The highest BCUT2D eigenvalue weighted by molar-refractivity contribution is 6.04. The molecule has 3 rings (SSSR count). The van der Waals surface area contributed by atoms with Gasteiger partial charge in [-0.15, -0.1) is 0 Å². The molecule has 1 aliphatic heterocycles. The minimum absolute atomic E-state index is 0.0917. The third kappa shape index (κ3) is 6.51. The fourth-order valence-electron chi connectivity index (χ4n) is 2.82. The van der Waals surface area contributed by atoms with E-state index in [1.165, 1.54) is 24.3 Å². The number of alkyl halides is 2. The number of halogens is 2. The molecule has 0 saturated carbocycles. The van der Waals surface area contributed by atoms with Crippen LogP contribution in [0.3, 0.4) is 0 Å². The molecular formula is C20H21F2N3O4. The molecule has 0 unspecified atom stereocenters. The number of amides is 2. The molecule has 0 atom stereocenters. The normalized spacial score (nSPS) is 14.4. The summed E-state index contributed by atoms with van der Waals surface area (Å²) in [7, 11) is 0. The van der Waals surface area contributed by atoms with Gasteiger partial charge in [-0.1, -0.05) is 6.07 Å². The molecular weight excluding hydrogens is 384 g/mol. The van der Waals surface area contributed by atoms with E-state index in [0.717, 1.165) is 13.1 Å². The second-order valence-electron chi connectivity index (χ2n) is 6.37. The first kappa shape index (κ1) is 20.7. The van der Waals surface area contributed by atoms with Crippen molar-refractivity contribution in [1.29, 1.82) is 0 Å². The minimum Gasteiger partial charge on any atom is -0.435 e. The number of hydrogen-bond acceptors (Lipinski definition) is 5. The van der Waals surface area contributed by atoms with E-state index in [0.29, 0.717) is 31.1 Å². The van der Waals surface area contributed by atoms with Crippen molar-refractivity contribution in [1.82, 2.24) is 4.90 Å². The molecule has 1 aliphatic rings. The van der Waals surface area contributed by atoms with Crippen LogP contribution in [-0.2, 0) is 9.53 Å². The Balaban J connectivity index is 1.53. The zero-order chi connectivity index (χ0) is 20.6. The first-order valence-electron chi connectivity index (χ1n) is 9.06. The maximum absolute atomic E-state index is 12.3. The highest BCUT2D eigenvalue weighted by atomic mass is 19.3. The van der Waals surface area contributed by atoms with Crippen LogP contribution in [-0.4, -0.2) is 56.2 Å². The van der Waals surface area contributed by atoms with Crippen molar-refractivity contribution in [3.05, 3.63) is 54.1 Å². The maximum Gasteiger partial charge on any atom is 0.387 e. The van der Waals surface area contributed by atoms with Crippen LogP contribution < -0.4 is 15.4 Å². The first-order chi connectivity index (χ1) is 14.0. The number of ether oxygens (including phenoxy) is 2. The van der Waals surface area contributed by atoms with Crippen molar-refractivity contribution in [2.24, 2.45) is 0 Å². The number of carbonyl (C=O) groups is 2. The van der Waals surface area contributed by atoms with Gasteiger partial charge in [0.25, 0.3) is 5.91 Å². The van der Waals surface area contributed by atoms with Crippen molar-refractivity contribution in [2.45, 2.75) is 6.61 Å². The molecule has 0 bridgehead atoms. The van der Waals surface area contributed by atoms with Crippen molar-refractivity contribution >= 4 is 23.2 Å². The fourth-order valence-corrected chi connectivity index (χ4v) is 2.82. The minimum atomic E-state index is -2.96. The standard InChI is InChI=1S/C20H21F2N3O4/c21-20(22)29-17-3-1-2-14(12-17)19(27)24-16-6-4-15(5-7-16)23-18(26)13-25-8-10-28-11-9-25/h1-7,12,20H,8-11,13H2,(H,23,26)(H,24,27). The summed E-state index contributed by atoms with van der Waals surface area (Å²) >= 11 is 0. The number of hydrogen-bond donors (Lipinski definition) is 2. The average Bonchev–Trinajstić information content (AvgIpc) is 2.70. The van der Waals surface area contributed by atoms with E-state index in [4.69, 9.17) is 4.74 Å². The predicted octanol–water partition coefficient (Wildman–Crippen LogP) is 2.81. The lowest BCUT2D eigenvalue weighted by Gasteiger charge is -2.25. The molecule has 1 saturated heterocycles. The van der Waals surface area contributed by atoms with Crippen molar-refractivity contribution in [3.8, 4) is 5.75 Å². The summed E-state index contributed by atoms with van der Waals surface area (Å²) in [6.45, 7) is 0.0276. The van der Waals surface area contributed by atoms with Crippen molar-refractivity contribution in [3.63, 3.8) is 0 Å². The molecule has 0 aromatic heterocycles. The molecule has 0 aliphatic carbocycles. The predicted molar refractivity (Wildman–Crippen MR) is 103 cm³/mol. The van der Waals surface area contributed by atoms with Gasteiger partial charge >= 0.3 is 6.61 Å². The van der Waals surface area contributed by atoms with Gasteiger partial charge in [0.05, 0.1) is 19.8 Å². The highest BCUT2D eigenvalue weighted by Crippen LogP contribution is 2.18. The summed E-state index contributed by atoms with van der Waals surface area (Å²) in [6.07, 6.45) is 0. The number of morpholine rings is 1. The second kappa shape index (κ2) is 9.94. The largest absolute Gasteiger partial charge is 0.435 e. The number of rotatable bonds is 7. The second-order valence-corrected chi connectivity index (χ2v) is 6.37. The van der Waals surface area contributed by atoms with E-state index >= 15 is 0 Å². The third-order valence-corrected chi connectivity index (χ3v) is 4.22. The van der Waals surface area contributed by atoms with Gasteiger partial charge in [-0.05, 0) is 42.5 Å². The van der Waals surface area contributed by atoms with Gasteiger partial charge in [0, 0.05) is 30.0 Å². The number of nitrogens with zero attached hydrogens (tertiary/aromatic N) is 1. The molecule has 9 heteroatoms. The van der Waals surface area contributed by atoms with E-state index in [9.17, 15) is 18.4 Å². The SMILES string of the molecule is O=C(CN1CCOCC1)Nc1ccc(NC(=O)c2cccc(OC(F)F)c2)cc1. The zero-order valence-electron chi connectivity index (χ0n) is 15.6. The molecule has 2 aromatic carbocycles. The van der Waals surface area contributed by atoms with Crippen LogP contribution in [0, 0.1) is 0 Å². The average molecular weight is 405 g/mol. The number of anilines is 2. The molecule has 2 aromatic rings. The van der Waals surface area contributed by atoms with Gasteiger partial charge in [0.2, 0.25) is 5.91 Å². The summed E-state index contributed by atoms with van der Waals surface area (Å²) in [6, 6.07) is 12.2.